The Bertz CT molecular complexity index is 1470. The average Bonchev–Trinajstić information content (AvgIpc) is 3.53. The molecule has 42 heavy (non-hydrogen) atoms. The van der Waals surface area contributed by atoms with Gasteiger partial charge in [0.05, 0.1) is 12.1 Å². The van der Waals surface area contributed by atoms with Crippen molar-refractivity contribution in [2.24, 2.45) is 11.8 Å². The maximum atomic E-state index is 14.5. The minimum Gasteiger partial charge on any atom is -0.481 e. The SMILES string of the molecule is O=C(O)C[C@@H](CC1CCOCC1)C(=O)N(c1nc(-c2cc(F)ccc2-c2ccc(N3CCCC3=O)nc2)cs1)C1CC1. The van der Waals surface area contributed by atoms with Gasteiger partial charge in [0.1, 0.15) is 11.6 Å². The molecule has 1 saturated carbocycles. The van der Waals surface area contributed by atoms with Crippen molar-refractivity contribution >= 4 is 40.1 Å². The highest BCUT2D eigenvalue weighted by Gasteiger charge is 2.40. The van der Waals surface area contributed by atoms with Crippen LogP contribution in [0.3, 0.4) is 0 Å². The molecule has 1 aromatic carbocycles. The normalized spacial score (nSPS) is 18.3. The number of carboxylic acid groups (broad SMARTS) is 1. The number of carboxylic acids is 1. The molecule has 0 bridgehead atoms. The highest BCUT2D eigenvalue weighted by Crippen LogP contribution is 2.40. The molecule has 4 heterocycles. The van der Waals surface area contributed by atoms with E-state index in [1.807, 2.05) is 11.4 Å². The van der Waals surface area contributed by atoms with Gasteiger partial charge in [-0.1, -0.05) is 6.07 Å². The van der Waals surface area contributed by atoms with Gasteiger partial charge in [-0.05, 0) is 74.3 Å². The maximum Gasteiger partial charge on any atom is 0.304 e. The van der Waals surface area contributed by atoms with Crippen LogP contribution >= 0.6 is 11.3 Å². The van der Waals surface area contributed by atoms with E-state index in [0.29, 0.717) is 54.8 Å². The van der Waals surface area contributed by atoms with E-state index >= 15 is 0 Å². The highest BCUT2D eigenvalue weighted by atomic mass is 32.1. The first-order chi connectivity index (χ1) is 20.4. The number of hydrogen-bond acceptors (Lipinski definition) is 7. The number of benzene rings is 1. The summed E-state index contributed by atoms with van der Waals surface area (Å²) in [4.78, 5) is 50.4. The van der Waals surface area contributed by atoms with Crippen LogP contribution < -0.4 is 9.80 Å². The number of nitrogens with zero attached hydrogens (tertiary/aromatic N) is 4. The van der Waals surface area contributed by atoms with Gasteiger partial charge in [-0.25, -0.2) is 14.4 Å². The Morgan fingerprint density at radius 1 is 1.14 bits per heavy atom. The van der Waals surface area contributed by atoms with Gasteiger partial charge in [-0.3, -0.25) is 24.2 Å². The lowest BCUT2D eigenvalue weighted by Gasteiger charge is -2.29. The number of anilines is 2. The third-order valence-electron chi connectivity index (χ3n) is 8.24. The van der Waals surface area contributed by atoms with Crippen LogP contribution in [0, 0.1) is 17.7 Å². The second-order valence-corrected chi connectivity index (χ2v) is 12.1. The molecule has 3 aliphatic rings. The Kier molecular flexibility index (Phi) is 8.30. The van der Waals surface area contributed by atoms with Crippen molar-refractivity contribution in [2.75, 3.05) is 29.6 Å². The predicted molar refractivity (Wildman–Crippen MR) is 157 cm³/mol. The van der Waals surface area contributed by atoms with Gasteiger partial charge in [-0.15, -0.1) is 11.3 Å². The van der Waals surface area contributed by atoms with Gasteiger partial charge in [0.25, 0.3) is 0 Å². The van der Waals surface area contributed by atoms with Gasteiger partial charge in [0, 0.05) is 60.8 Å². The minimum absolute atomic E-state index is 0.0143. The predicted octanol–water partition coefficient (Wildman–Crippen LogP) is 5.54. The van der Waals surface area contributed by atoms with Gasteiger partial charge >= 0.3 is 5.97 Å². The van der Waals surface area contributed by atoms with E-state index in [1.54, 1.807) is 28.1 Å². The first-order valence-corrected chi connectivity index (χ1v) is 15.4. The average molecular weight is 593 g/mol. The fraction of sp³-hybridized carbons (Fsp3) is 0.452. The lowest BCUT2D eigenvalue weighted by atomic mass is 9.86. The third-order valence-corrected chi connectivity index (χ3v) is 9.08. The molecular formula is C31H33FN4O5S. The Morgan fingerprint density at radius 3 is 2.62 bits per heavy atom. The van der Waals surface area contributed by atoms with Crippen molar-refractivity contribution in [3.63, 3.8) is 0 Å². The Hall–Kier alpha value is -3.70. The first kappa shape index (κ1) is 28.4. The number of aliphatic carboxylic acids is 1. The molecule has 6 rings (SSSR count). The Morgan fingerprint density at radius 2 is 1.95 bits per heavy atom. The second-order valence-electron chi connectivity index (χ2n) is 11.3. The van der Waals surface area contributed by atoms with E-state index in [2.05, 4.69) is 4.98 Å². The lowest BCUT2D eigenvalue weighted by Crippen LogP contribution is -2.40. The number of halogens is 1. The number of thiazole rings is 1. The molecule has 1 atom stereocenters. The van der Waals surface area contributed by atoms with Crippen molar-refractivity contribution in [3.8, 4) is 22.4 Å². The fourth-order valence-electron chi connectivity index (χ4n) is 5.90. The molecule has 1 aliphatic carbocycles. The fourth-order valence-corrected chi connectivity index (χ4v) is 6.80. The molecule has 1 N–H and O–H groups in total. The van der Waals surface area contributed by atoms with Crippen molar-refractivity contribution in [1.29, 1.82) is 0 Å². The lowest BCUT2D eigenvalue weighted by molar-refractivity contribution is -0.141. The summed E-state index contributed by atoms with van der Waals surface area (Å²) in [5, 5.41) is 11.9. The molecular weight excluding hydrogens is 559 g/mol. The summed E-state index contributed by atoms with van der Waals surface area (Å²) in [7, 11) is 0. The number of hydrogen-bond donors (Lipinski definition) is 1. The van der Waals surface area contributed by atoms with Crippen molar-refractivity contribution in [1.82, 2.24) is 9.97 Å². The molecule has 220 valence electrons. The minimum atomic E-state index is -0.992. The van der Waals surface area contributed by atoms with Crippen LogP contribution in [0.15, 0.2) is 41.9 Å². The van der Waals surface area contributed by atoms with Gasteiger partial charge in [0.15, 0.2) is 5.13 Å². The van der Waals surface area contributed by atoms with Crippen LogP contribution in [0.5, 0.6) is 0 Å². The van der Waals surface area contributed by atoms with Crippen LogP contribution in [0.2, 0.25) is 0 Å². The van der Waals surface area contributed by atoms with Crippen molar-refractivity contribution < 1.29 is 28.6 Å². The third kappa shape index (κ3) is 6.22. The van der Waals surface area contributed by atoms with Crippen LogP contribution in [-0.4, -0.2) is 58.7 Å². The Labute approximate surface area is 247 Å². The quantitative estimate of drug-likeness (QED) is 0.329. The second kappa shape index (κ2) is 12.3. The van der Waals surface area contributed by atoms with Crippen molar-refractivity contribution in [2.45, 2.75) is 57.4 Å². The number of rotatable bonds is 10. The number of amides is 2. The summed E-state index contributed by atoms with van der Waals surface area (Å²) < 4.78 is 20.0. The molecule has 0 radical (unpaired) electrons. The smallest absolute Gasteiger partial charge is 0.304 e. The zero-order valence-corrected chi connectivity index (χ0v) is 24.0. The van der Waals surface area contributed by atoms with E-state index in [0.717, 1.165) is 43.2 Å². The number of pyridine rings is 1. The zero-order valence-electron chi connectivity index (χ0n) is 23.2. The largest absolute Gasteiger partial charge is 0.481 e. The molecule has 0 spiro atoms. The van der Waals surface area contributed by atoms with Crippen LogP contribution in [0.1, 0.15) is 51.4 Å². The number of ether oxygens (including phenoxy) is 1. The molecule has 9 nitrogen and oxygen atoms in total. The number of carbonyl (C=O) groups is 3. The summed E-state index contributed by atoms with van der Waals surface area (Å²) in [5.41, 5.74) is 2.58. The summed E-state index contributed by atoms with van der Waals surface area (Å²) in [6, 6.07) is 8.14. The van der Waals surface area contributed by atoms with Gasteiger partial charge in [-0.2, -0.15) is 0 Å². The molecule has 11 heteroatoms. The van der Waals surface area contributed by atoms with Crippen LogP contribution in [0.4, 0.5) is 15.3 Å². The zero-order chi connectivity index (χ0) is 29.2. The molecule has 3 fully saturated rings. The van der Waals surface area contributed by atoms with E-state index in [1.165, 1.54) is 23.5 Å². The molecule has 2 aromatic heterocycles. The molecule has 2 amide bonds. The summed E-state index contributed by atoms with van der Waals surface area (Å²) in [5.74, 6) is -1.36. The summed E-state index contributed by atoms with van der Waals surface area (Å²) >= 11 is 1.31. The van der Waals surface area contributed by atoms with E-state index in [4.69, 9.17) is 9.72 Å². The van der Waals surface area contributed by atoms with Crippen LogP contribution in [0.25, 0.3) is 22.4 Å². The molecule has 3 aromatic rings. The maximum absolute atomic E-state index is 14.5. The highest BCUT2D eigenvalue weighted by molar-refractivity contribution is 7.14. The van der Waals surface area contributed by atoms with Gasteiger partial charge in [0.2, 0.25) is 11.8 Å². The number of aromatic nitrogens is 2. The monoisotopic (exact) mass is 592 g/mol. The number of carbonyl (C=O) groups excluding carboxylic acids is 2. The van der Waals surface area contributed by atoms with Crippen LogP contribution in [-0.2, 0) is 19.1 Å². The van der Waals surface area contributed by atoms with E-state index in [9.17, 15) is 23.9 Å². The summed E-state index contributed by atoms with van der Waals surface area (Å²) in [6.07, 6.45) is 6.60. The molecule has 0 unspecified atom stereocenters. The van der Waals surface area contributed by atoms with Gasteiger partial charge < -0.3 is 9.84 Å². The summed E-state index contributed by atoms with van der Waals surface area (Å²) in [6.45, 7) is 1.91. The molecule has 2 aliphatic heterocycles. The Balaban J connectivity index is 1.28. The molecule has 2 saturated heterocycles. The standard InChI is InChI=1S/C31H33FN4O5S/c32-22-4-7-24(20-3-8-27(33-17-20)35-11-1-2-28(35)37)25(16-22)26-18-42-31(34-26)36(23-5-6-23)30(40)21(15-29(38)39)14-19-9-12-41-13-10-19/h3-4,7-8,16-19,21,23H,1-2,5-6,9-15H2,(H,38,39)/t21-/m1/s1. The topological polar surface area (TPSA) is 113 Å². The van der Waals surface area contributed by atoms with E-state index in [-0.39, 0.29) is 30.2 Å². The van der Waals surface area contributed by atoms with E-state index < -0.39 is 17.7 Å². The van der Waals surface area contributed by atoms with Crippen molar-refractivity contribution in [3.05, 3.63) is 47.7 Å². The first-order valence-electron chi connectivity index (χ1n) is 14.5.